The van der Waals surface area contributed by atoms with Gasteiger partial charge in [-0.25, -0.2) is 9.59 Å². The van der Waals surface area contributed by atoms with Gasteiger partial charge in [0.05, 0.1) is 0 Å². The Labute approximate surface area is 86.5 Å². The second-order valence-electron chi connectivity index (χ2n) is 1.01. The third-order valence-electron chi connectivity index (χ3n) is 0.368. The summed E-state index contributed by atoms with van der Waals surface area (Å²) in [7, 11) is 0. The van der Waals surface area contributed by atoms with E-state index in [1.165, 1.54) is 0 Å². The van der Waals surface area contributed by atoms with Gasteiger partial charge in [-0.15, -0.1) is 13.2 Å². The number of aliphatic carboxylic acids is 2. The summed E-state index contributed by atoms with van der Waals surface area (Å²) in [5.41, 5.74) is 0. The van der Waals surface area contributed by atoms with E-state index in [-0.39, 0.29) is 29.6 Å². The van der Waals surface area contributed by atoms with E-state index in [0.29, 0.717) is 12.2 Å². The summed E-state index contributed by atoms with van der Waals surface area (Å²) < 4.78 is 0. The van der Waals surface area contributed by atoms with Crippen LogP contribution in [0.3, 0.4) is 0 Å². The number of carboxylic acid groups (broad SMARTS) is 2. The minimum atomic E-state index is -1.26. The van der Waals surface area contributed by atoms with Gasteiger partial charge < -0.3 is 10.2 Å². The van der Waals surface area contributed by atoms with Crippen LogP contribution in [0.15, 0.2) is 25.3 Å². The van der Waals surface area contributed by atoms with E-state index >= 15 is 0 Å². The Kier molecular flexibility index (Phi) is 18.5. The van der Waals surface area contributed by atoms with Crippen LogP contribution in [0.5, 0.6) is 0 Å². The molecule has 0 amide bonds. The van der Waals surface area contributed by atoms with Crippen LogP contribution in [0.1, 0.15) is 0 Å². The van der Waals surface area contributed by atoms with Crippen molar-refractivity contribution in [3.05, 3.63) is 25.3 Å². The maximum atomic E-state index is 9.55. The molecule has 0 spiro atoms. The molecule has 0 fully saturated rings. The third kappa shape index (κ3) is 26.5. The van der Waals surface area contributed by atoms with Gasteiger partial charge in [-0.1, -0.05) is 0 Å². The van der Waals surface area contributed by atoms with Crippen LogP contribution >= 0.6 is 0 Å². The number of carbonyl (C=O) groups is 2. The van der Waals surface area contributed by atoms with E-state index < -0.39 is 11.9 Å². The van der Waals surface area contributed by atoms with Gasteiger partial charge in [0.1, 0.15) is 0 Å². The molecule has 0 saturated carbocycles. The molecule has 0 unspecified atom stereocenters. The van der Waals surface area contributed by atoms with Crippen LogP contribution < -0.4 is 29.6 Å². The summed E-state index contributed by atoms with van der Waals surface area (Å²) >= 11 is 0. The molecule has 0 heterocycles. The first-order chi connectivity index (χ1) is 4.63. The van der Waals surface area contributed by atoms with Crippen molar-refractivity contribution in [2.75, 3.05) is 0 Å². The molecular weight excluding hydrogens is 159 g/mol. The van der Waals surface area contributed by atoms with Crippen molar-refractivity contribution in [3.63, 3.8) is 0 Å². The van der Waals surface area contributed by atoms with Crippen molar-refractivity contribution < 1.29 is 49.4 Å². The zero-order chi connectivity index (χ0) is 8.57. The van der Waals surface area contributed by atoms with E-state index in [2.05, 4.69) is 13.2 Å². The SMILES string of the molecule is C=C.O=C(O)/C=C\C(=O)O.[Na+]. The normalized spacial score (nSPS) is 7.27. The molecule has 4 nitrogen and oxygen atoms in total. The largest absolute Gasteiger partial charge is 1.00 e. The molecule has 0 aromatic carbocycles. The van der Waals surface area contributed by atoms with Gasteiger partial charge in [-0.3, -0.25) is 0 Å². The average Bonchev–Trinajstić information content (AvgIpc) is 1.89. The first-order valence-corrected chi connectivity index (χ1v) is 2.27. The summed E-state index contributed by atoms with van der Waals surface area (Å²) in [5, 5.41) is 15.6. The fourth-order valence-electron chi connectivity index (χ4n) is 0.143. The topological polar surface area (TPSA) is 74.6 Å². The third-order valence-corrected chi connectivity index (χ3v) is 0.368. The molecule has 0 aliphatic rings. The molecule has 0 atom stereocenters. The fourth-order valence-corrected chi connectivity index (χ4v) is 0.143. The molecule has 11 heavy (non-hydrogen) atoms. The Morgan fingerprint density at radius 1 is 1.00 bits per heavy atom. The average molecular weight is 167 g/mol. The van der Waals surface area contributed by atoms with Crippen LogP contribution in [0, 0.1) is 0 Å². The molecule has 0 radical (unpaired) electrons. The van der Waals surface area contributed by atoms with E-state index in [1.807, 2.05) is 0 Å². The number of carboxylic acids is 2. The molecule has 0 saturated heterocycles. The molecule has 0 rings (SSSR count). The van der Waals surface area contributed by atoms with Crippen LogP contribution in [-0.2, 0) is 9.59 Å². The van der Waals surface area contributed by atoms with E-state index in [9.17, 15) is 9.59 Å². The Balaban J connectivity index is -0.000000196. The van der Waals surface area contributed by atoms with E-state index in [4.69, 9.17) is 10.2 Å². The predicted octanol–water partition coefficient (Wildman–Crippen LogP) is -2.48. The summed E-state index contributed by atoms with van der Waals surface area (Å²) in [4.78, 5) is 19.1. The number of rotatable bonds is 2. The van der Waals surface area contributed by atoms with Gasteiger partial charge in [-0.2, -0.15) is 0 Å². The van der Waals surface area contributed by atoms with Gasteiger partial charge in [0.25, 0.3) is 0 Å². The second kappa shape index (κ2) is 12.1. The maximum Gasteiger partial charge on any atom is 1.00 e. The van der Waals surface area contributed by atoms with Crippen LogP contribution in [0.2, 0.25) is 0 Å². The smallest absolute Gasteiger partial charge is 0.478 e. The minimum absolute atomic E-state index is 0. The van der Waals surface area contributed by atoms with E-state index in [1.54, 1.807) is 0 Å². The number of hydrogen-bond donors (Lipinski definition) is 2. The first kappa shape index (κ1) is 16.8. The van der Waals surface area contributed by atoms with Crippen LogP contribution in [0.4, 0.5) is 0 Å². The predicted molar refractivity (Wildman–Crippen MR) is 35.7 cm³/mol. The van der Waals surface area contributed by atoms with Crippen molar-refractivity contribution in [2.45, 2.75) is 0 Å². The molecule has 0 aromatic rings. The van der Waals surface area contributed by atoms with E-state index in [0.717, 1.165) is 0 Å². The van der Waals surface area contributed by atoms with Gasteiger partial charge in [0.2, 0.25) is 0 Å². The monoisotopic (exact) mass is 167 g/mol. The first-order valence-electron chi connectivity index (χ1n) is 2.27. The fraction of sp³-hybridized carbons (Fsp3) is 0. The summed E-state index contributed by atoms with van der Waals surface area (Å²) in [5.74, 6) is -2.51. The Bertz CT molecular complexity index is 137. The summed E-state index contributed by atoms with van der Waals surface area (Å²) in [6.07, 6.45) is 1.12. The zero-order valence-electron chi connectivity index (χ0n) is 6.28. The van der Waals surface area contributed by atoms with Crippen molar-refractivity contribution in [3.8, 4) is 0 Å². The van der Waals surface area contributed by atoms with Crippen LogP contribution in [0.25, 0.3) is 0 Å². The molecule has 5 heteroatoms. The van der Waals surface area contributed by atoms with Crippen molar-refractivity contribution in [1.29, 1.82) is 0 Å². The van der Waals surface area contributed by atoms with Gasteiger partial charge in [0, 0.05) is 12.2 Å². The Morgan fingerprint density at radius 2 is 1.18 bits per heavy atom. The maximum absolute atomic E-state index is 9.55. The van der Waals surface area contributed by atoms with Crippen molar-refractivity contribution >= 4 is 11.9 Å². The van der Waals surface area contributed by atoms with Gasteiger partial charge >= 0.3 is 41.5 Å². The van der Waals surface area contributed by atoms with Gasteiger partial charge in [-0.05, 0) is 0 Å². The molecular formula is C6H8NaO4+. The quantitative estimate of drug-likeness (QED) is 0.271. The number of hydrogen-bond acceptors (Lipinski definition) is 2. The molecule has 0 aliphatic heterocycles. The Morgan fingerprint density at radius 3 is 1.27 bits per heavy atom. The molecule has 2 N–H and O–H groups in total. The summed E-state index contributed by atoms with van der Waals surface area (Å²) in [6, 6.07) is 0. The molecule has 0 aliphatic carbocycles. The molecule has 0 bridgehead atoms. The minimum Gasteiger partial charge on any atom is -0.478 e. The standard InChI is InChI=1S/C4H4O4.C2H4.Na/c5-3(6)1-2-4(7)8;1-2;/h1-2H,(H,5,6)(H,7,8);1-2H2;/q;;+1/b2-1-;;. The van der Waals surface area contributed by atoms with Crippen molar-refractivity contribution in [2.24, 2.45) is 0 Å². The second-order valence-corrected chi connectivity index (χ2v) is 1.01. The molecule has 0 aromatic heterocycles. The van der Waals surface area contributed by atoms with Crippen molar-refractivity contribution in [1.82, 2.24) is 0 Å². The Hall–Kier alpha value is -0.580. The van der Waals surface area contributed by atoms with Crippen LogP contribution in [-0.4, -0.2) is 22.2 Å². The summed E-state index contributed by atoms with van der Waals surface area (Å²) in [6.45, 7) is 6.00. The molecule has 56 valence electrons. The zero-order valence-corrected chi connectivity index (χ0v) is 8.28. The van der Waals surface area contributed by atoms with Gasteiger partial charge in [0.15, 0.2) is 0 Å².